The molecule has 0 aliphatic rings. The van der Waals surface area contributed by atoms with E-state index in [-0.39, 0.29) is 42.6 Å². The van der Waals surface area contributed by atoms with Gasteiger partial charge in [-0.15, -0.1) is 0 Å². The second-order valence-electron chi connectivity index (χ2n) is 6.46. The molecule has 0 aliphatic heterocycles. The number of hydrogen-bond donors (Lipinski definition) is 0. The molecule has 0 aromatic carbocycles. The Morgan fingerprint density at radius 2 is 0.800 bits per heavy atom. The maximum atomic E-state index is 7.75. The Balaban J connectivity index is -0.0000000858. The van der Waals surface area contributed by atoms with Crippen molar-refractivity contribution in [3.8, 4) is 0 Å². The number of rotatable bonds is 8. The molecule has 0 aromatic heterocycles. The van der Waals surface area contributed by atoms with E-state index in [1.807, 2.05) is 28.2 Å². The van der Waals surface area contributed by atoms with Crippen LogP contribution in [-0.4, -0.2) is 54.1 Å². The Hall–Kier alpha value is -0.197. The van der Waals surface area contributed by atoms with Crippen molar-refractivity contribution in [2.24, 2.45) is 10.8 Å². The summed E-state index contributed by atoms with van der Waals surface area (Å²) in [5.74, 6) is 0. The van der Waals surface area contributed by atoms with Crippen molar-refractivity contribution in [3.05, 3.63) is 21.3 Å². The summed E-state index contributed by atoms with van der Waals surface area (Å²) in [5, 5.41) is 16.7. The summed E-state index contributed by atoms with van der Waals surface area (Å²) >= 11 is 0. The molecule has 0 amide bonds. The molecule has 0 aromatic rings. The average molecular weight is 444 g/mol. The minimum atomic E-state index is 0. The van der Waals surface area contributed by atoms with Gasteiger partial charge in [0.25, 0.3) is 0 Å². The van der Waals surface area contributed by atoms with Crippen LogP contribution >= 0.6 is 0 Å². The van der Waals surface area contributed by atoms with Gasteiger partial charge in [-0.1, -0.05) is 65.2 Å². The molecule has 0 rings (SSSR count). The van der Waals surface area contributed by atoms with Crippen molar-refractivity contribution >= 4 is 13.6 Å². The van der Waals surface area contributed by atoms with Gasteiger partial charge in [-0.25, -0.2) is 12.3 Å². The largest absolute Gasteiger partial charge is 6.00 e. The average Bonchev–Trinajstić information content (AvgIpc) is 2.60. The second kappa shape index (κ2) is 21.8. The Labute approximate surface area is 169 Å². The molecule has 0 spiro atoms. The van der Waals surface area contributed by atoms with Gasteiger partial charge in [0.15, 0.2) is 0 Å². The zero-order chi connectivity index (χ0) is 20.4. The first-order valence-electron chi connectivity index (χ1n) is 7.99. The first-order valence-corrected chi connectivity index (χ1v) is 7.99. The van der Waals surface area contributed by atoms with Gasteiger partial charge >= 0.3 is 19.5 Å². The molecule has 0 heterocycles. The molecule has 0 aliphatic carbocycles. The van der Waals surface area contributed by atoms with Gasteiger partial charge in [-0.05, 0) is 0 Å². The fourth-order valence-electron chi connectivity index (χ4n) is 1.99. The zero-order valence-corrected chi connectivity index (χ0v) is 19.4. The fraction of sp³-hybridized carbons (Fsp3) is 0.889. The number of nitrogens with zero attached hydrogens (tertiary/aromatic N) is 4. The maximum Gasteiger partial charge on any atom is 6.00 e. The van der Waals surface area contributed by atoms with Crippen LogP contribution in [0.5, 0.6) is 0 Å². The summed E-state index contributed by atoms with van der Waals surface area (Å²) in [6.45, 7) is 19.6. The maximum absolute atomic E-state index is 7.75. The quantitative estimate of drug-likeness (QED) is 0.301. The second-order valence-corrected chi connectivity index (χ2v) is 6.46. The van der Waals surface area contributed by atoms with Crippen molar-refractivity contribution in [1.29, 1.82) is 0 Å². The summed E-state index contributed by atoms with van der Waals surface area (Å²) in [4.78, 5) is 15.5. The molecule has 25 heavy (non-hydrogen) atoms. The van der Waals surface area contributed by atoms with Crippen LogP contribution in [0.1, 0.15) is 54.4 Å². The van der Waals surface area contributed by atoms with Gasteiger partial charge in [-0.3, -0.25) is 13.6 Å². The summed E-state index contributed by atoms with van der Waals surface area (Å²) in [5.41, 5.74) is 0.451. The minimum Gasteiger partial charge on any atom is -0.680 e. The van der Waals surface area contributed by atoms with Crippen LogP contribution in [0.3, 0.4) is 0 Å². The Morgan fingerprint density at radius 3 is 0.840 bits per heavy atom. The summed E-state index contributed by atoms with van der Waals surface area (Å²) in [7, 11) is 7.31. The van der Waals surface area contributed by atoms with Crippen LogP contribution in [0.2, 0.25) is 0 Å². The van der Waals surface area contributed by atoms with Crippen molar-refractivity contribution in [2.75, 3.05) is 28.2 Å². The van der Waals surface area contributed by atoms with Crippen LogP contribution in [0.15, 0.2) is 0 Å². The standard InChI is InChI=1S/2C8H18N2.2CHO.Ru/c2*1-6-8(2,3)7(9-4)10-5;2*1-2;/h2*7H,6H2,1-5H3;2*1H;/q2*-2;2*-1;+6. The topological polar surface area (TPSA) is 90.5 Å². The molecule has 6 nitrogen and oxygen atoms in total. The van der Waals surface area contributed by atoms with Gasteiger partial charge in [0.1, 0.15) is 0 Å². The predicted molar refractivity (Wildman–Crippen MR) is 106 cm³/mol. The van der Waals surface area contributed by atoms with E-state index in [0.29, 0.717) is 0 Å². The van der Waals surface area contributed by atoms with Crippen LogP contribution in [0.25, 0.3) is 21.3 Å². The minimum absolute atomic E-state index is 0. The van der Waals surface area contributed by atoms with E-state index in [9.17, 15) is 0 Å². The van der Waals surface area contributed by atoms with Gasteiger partial charge < -0.3 is 30.9 Å². The summed E-state index contributed by atoms with van der Waals surface area (Å²) in [6, 6.07) is 0. The van der Waals surface area contributed by atoms with Crippen molar-refractivity contribution in [3.63, 3.8) is 0 Å². The third-order valence-corrected chi connectivity index (χ3v) is 4.20. The molecular weight excluding hydrogens is 405 g/mol. The monoisotopic (exact) mass is 444 g/mol. The molecule has 0 atom stereocenters. The zero-order valence-electron chi connectivity index (χ0n) is 17.7. The normalized spacial score (nSPS) is 10.4. The van der Waals surface area contributed by atoms with Crippen LogP contribution in [-0.2, 0) is 29.1 Å². The first-order chi connectivity index (χ1) is 11.2. The SMILES string of the molecule is CCC(C)(C)C([N-]C)[N-]C.CCC(C)(C)C([N-]C)[N-]C.[CH-]=O.[CH-]=O.[Ru+6]. The van der Waals surface area contributed by atoms with Gasteiger partial charge in [0, 0.05) is 0 Å². The third-order valence-electron chi connectivity index (χ3n) is 4.20. The van der Waals surface area contributed by atoms with Crippen LogP contribution < -0.4 is 0 Å². The Morgan fingerprint density at radius 1 is 0.640 bits per heavy atom. The van der Waals surface area contributed by atoms with Crippen LogP contribution in [0.4, 0.5) is 0 Å². The van der Waals surface area contributed by atoms with E-state index in [2.05, 4.69) is 76.4 Å². The van der Waals surface area contributed by atoms with Crippen LogP contribution in [0, 0.1) is 10.8 Å². The molecule has 0 fully saturated rings. The van der Waals surface area contributed by atoms with E-state index in [0.717, 1.165) is 12.8 Å². The molecule has 7 heteroatoms. The van der Waals surface area contributed by atoms with Crippen molar-refractivity contribution in [1.82, 2.24) is 0 Å². The molecule has 0 saturated heterocycles. The third kappa shape index (κ3) is 17.0. The smallest absolute Gasteiger partial charge is 0.680 e. The summed E-state index contributed by atoms with van der Waals surface area (Å²) < 4.78 is 0. The Kier molecular flexibility index (Phi) is 31.3. The molecule has 0 radical (unpaired) electrons. The van der Waals surface area contributed by atoms with Gasteiger partial charge in [-0.2, -0.15) is 28.2 Å². The van der Waals surface area contributed by atoms with E-state index in [4.69, 9.17) is 9.59 Å². The predicted octanol–water partition coefficient (Wildman–Crippen LogP) is 4.96. The first kappa shape index (κ1) is 35.8. The molecule has 0 N–H and O–H groups in total. The molecule has 0 saturated carbocycles. The molecule has 0 bridgehead atoms. The van der Waals surface area contributed by atoms with Gasteiger partial charge in [0.2, 0.25) is 0 Å². The fourth-order valence-corrected chi connectivity index (χ4v) is 1.99. The van der Waals surface area contributed by atoms with E-state index in [1.165, 1.54) is 0 Å². The number of hydrogen-bond acceptors (Lipinski definition) is 2. The molecular formula is C18H38N4O2Ru. The van der Waals surface area contributed by atoms with E-state index in [1.54, 1.807) is 0 Å². The molecule has 0 unspecified atom stereocenters. The van der Waals surface area contributed by atoms with Crippen molar-refractivity contribution < 1.29 is 29.1 Å². The van der Waals surface area contributed by atoms with Crippen molar-refractivity contribution in [2.45, 2.75) is 66.7 Å². The molecule has 150 valence electrons. The van der Waals surface area contributed by atoms with Gasteiger partial charge in [0.05, 0.1) is 0 Å². The number of carbonyl (C=O) groups excluding carboxylic acids is 2. The van der Waals surface area contributed by atoms with E-state index < -0.39 is 0 Å². The Bertz CT molecular complexity index is 233. The van der Waals surface area contributed by atoms with E-state index >= 15 is 0 Å². The summed E-state index contributed by atoms with van der Waals surface area (Å²) in [6.07, 6.45) is 2.56.